The highest BCUT2D eigenvalue weighted by Gasteiger charge is 2.19. The van der Waals surface area contributed by atoms with Crippen LogP contribution in [0.3, 0.4) is 0 Å². The Morgan fingerprint density at radius 2 is 2.35 bits per heavy atom. The Bertz CT molecular complexity index is 420. The molecule has 0 aromatic carbocycles. The van der Waals surface area contributed by atoms with E-state index in [4.69, 9.17) is 11.0 Å². The van der Waals surface area contributed by atoms with E-state index < -0.39 is 0 Å². The van der Waals surface area contributed by atoms with Crippen LogP contribution in [0.2, 0.25) is 0 Å². The molecule has 92 valence electrons. The van der Waals surface area contributed by atoms with Crippen LogP contribution in [0, 0.1) is 23.2 Å². The standard InChI is InChI=1S/C12H17N3OS/c1-8(2)5-10(7-14)11(16)15-12-9(6-13)3-4-17-12/h3-4,8,10H,5,7,14H2,1-2H3,(H,15,16). The summed E-state index contributed by atoms with van der Waals surface area (Å²) >= 11 is 1.35. The van der Waals surface area contributed by atoms with Gasteiger partial charge in [-0.1, -0.05) is 13.8 Å². The van der Waals surface area contributed by atoms with Crippen LogP contribution in [0.25, 0.3) is 0 Å². The third-order valence-electron chi connectivity index (χ3n) is 2.43. The first-order chi connectivity index (χ1) is 8.08. The van der Waals surface area contributed by atoms with Gasteiger partial charge in [0.15, 0.2) is 0 Å². The minimum absolute atomic E-state index is 0.0971. The summed E-state index contributed by atoms with van der Waals surface area (Å²) in [5, 5.41) is 14.0. The molecule has 0 radical (unpaired) electrons. The highest BCUT2D eigenvalue weighted by molar-refractivity contribution is 7.14. The third kappa shape index (κ3) is 3.84. The number of carbonyl (C=O) groups excluding carboxylic acids is 1. The average molecular weight is 251 g/mol. The maximum Gasteiger partial charge on any atom is 0.229 e. The van der Waals surface area contributed by atoms with Crippen molar-refractivity contribution in [3.05, 3.63) is 17.0 Å². The molecule has 0 aliphatic rings. The van der Waals surface area contributed by atoms with E-state index in [9.17, 15) is 4.79 Å². The van der Waals surface area contributed by atoms with E-state index in [2.05, 4.69) is 19.2 Å². The first-order valence-corrected chi connectivity index (χ1v) is 6.45. The van der Waals surface area contributed by atoms with E-state index in [1.807, 2.05) is 6.07 Å². The van der Waals surface area contributed by atoms with Crippen LogP contribution >= 0.6 is 11.3 Å². The van der Waals surface area contributed by atoms with E-state index in [1.54, 1.807) is 11.4 Å². The maximum atomic E-state index is 12.0. The molecule has 1 aromatic heterocycles. The zero-order valence-corrected chi connectivity index (χ0v) is 10.9. The van der Waals surface area contributed by atoms with Gasteiger partial charge in [0.05, 0.1) is 11.5 Å². The molecule has 5 heteroatoms. The monoisotopic (exact) mass is 251 g/mol. The summed E-state index contributed by atoms with van der Waals surface area (Å²) in [6.45, 7) is 4.45. The summed E-state index contributed by atoms with van der Waals surface area (Å²) in [6.07, 6.45) is 0.760. The van der Waals surface area contributed by atoms with Gasteiger partial charge in [-0.15, -0.1) is 11.3 Å². The Hall–Kier alpha value is -1.38. The second-order valence-corrected chi connectivity index (χ2v) is 5.24. The topological polar surface area (TPSA) is 78.9 Å². The lowest BCUT2D eigenvalue weighted by Gasteiger charge is -2.16. The minimum atomic E-state index is -0.191. The predicted molar refractivity (Wildman–Crippen MR) is 69.7 cm³/mol. The molecule has 0 saturated heterocycles. The number of amides is 1. The highest BCUT2D eigenvalue weighted by atomic mass is 32.1. The molecule has 1 aromatic rings. The highest BCUT2D eigenvalue weighted by Crippen LogP contribution is 2.23. The van der Waals surface area contributed by atoms with E-state index in [0.29, 0.717) is 23.0 Å². The molecular weight excluding hydrogens is 234 g/mol. The van der Waals surface area contributed by atoms with E-state index >= 15 is 0 Å². The van der Waals surface area contributed by atoms with Gasteiger partial charge in [-0.2, -0.15) is 5.26 Å². The van der Waals surface area contributed by atoms with Gasteiger partial charge in [0, 0.05) is 6.54 Å². The number of anilines is 1. The van der Waals surface area contributed by atoms with Crippen molar-refractivity contribution in [3.63, 3.8) is 0 Å². The molecule has 3 N–H and O–H groups in total. The lowest BCUT2D eigenvalue weighted by molar-refractivity contribution is -0.120. The number of rotatable bonds is 5. The summed E-state index contributed by atoms with van der Waals surface area (Å²) in [5.41, 5.74) is 6.10. The van der Waals surface area contributed by atoms with Gasteiger partial charge < -0.3 is 11.1 Å². The molecule has 1 unspecified atom stereocenters. The normalized spacial score (nSPS) is 12.2. The smallest absolute Gasteiger partial charge is 0.229 e. The summed E-state index contributed by atoms with van der Waals surface area (Å²) < 4.78 is 0. The molecule has 0 aliphatic heterocycles. The van der Waals surface area contributed by atoms with Crippen molar-refractivity contribution in [2.24, 2.45) is 17.6 Å². The molecule has 0 fully saturated rings. The van der Waals surface area contributed by atoms with Gasteiger partial charge >= 0.3 is 0 Å². The van der Waals surface area contributed by atoms with Crippen LogP contribution in [-0.4, -0.2) is 12.5 Å². The van der Waals surface area contributed by atoms with Crippen molar-refractivity contribution >= 4 is 22.2 Å². The molecular formula is C12H17N3OS. The second-order valence-electron chi connectivity index (χ2n) is 4.33. The molecule has 1 heterocycles. The van der Waals surface area contributed by atoms with Gasteiger partial charge in [0.2, 0.25) is 5.91 Å². The number of hydrogen-bond donors (Lipinski definition) is 2. The van der Waals surface area contributed by atoms with Crippen molar-refractivity contribution < 1.29 is 4.79 Å². The first-order valence-electron chi connectivity index (χ1n) is 5.57. The Morgan fingerprint density at radius 3 is 2.88 bits per heavy atom. The molecule has 0 saturated carbocycles. The summed E-state index contributed by atoms with van der Waals surface area (Å²) in [6, 6.07) is 3.74. The Labute approximate surface area is 105 Å². The van der Waals surface area contributed by atoms with Gasteiger partial charge in [0.25, 0.3) is 0 Å². The molecule has 0 spiro atoms. The lowest BCUT2D eigenvalue weighted by Crippen LogP contribution is -2.30. The third-order valence-corrected chi connectivity index (χ3v) is 3.26. The number of hydrogen-bond acceptors (Lipinski definition) is 4. The number of nitrogens with zero attached hydrogens (tertiary/aromatic N) is 1. The Morgan fingerprint density at radius 1 is 1.65 bits per heavy atom. The molecule has 4 nitrogen and oxygen atoms in total. The van der Waals surface area contributed by atoms with Crippen LogP contribution in [-0.2, 0) is 4.79 Å². The van der Waals surface area contributed by atoms with Crippen LogP contribution < -0.4 is 11.1 Å². The fraction of sp³-hybridized carbons (Fsp3) is 0.500. The Balaban J connectivity index is 2.68. The van der Waals surface area contributed by atoms with Crippen molar-refractivity contribution in [1.29, 1.82) is 5.26 Å². The number of thiophene rings is 1. The lowest BCUT2D eigenvalue weighted by atomic mass is 9.96. The van der Waals surface area contributed by atoms with Gasteiger partial charge in [-0.25, -0.2) is 0 Å². The van der Waals surface area contributed by atoms with Gasteiger partial charge in [0.1, 0.15) is 11.1 Å². The largest absolute Gasteiger partial charge is 0.330 e. The molecule has 1 amide bonds. The van der Waals surface area contributed by atoms with Crippen LogP contribution in [0.4, 0.5) is 5.00 Å². The maximum absolute atomic E-state index is 12.0. The van der Waals surface area contributed by atoms with E-state index in [-0.39, 0.29) is 11.8 Å². The van der Waals surface area contributed by atoms with E-state index in [0.717, 1.165) is 6.42 Å². The van der Waals surface area contributed by atoms with E-state index in [1.165, 1.54) is 11.3 Å². The molecule has 0 aliphatic carbocycles. The van der Waals surface area contributed by atoms with Crippen molar-refractivity contribution in [2.75, 3.05) is 11.9 Å². The van der Waals surface area contributed by atoms with Crippen LogP contribution in [0.1, 0.15) is 25.8 Å². The number of nitrogens with two attached hydrogens (primary N) is 1. The van der Waals surface area contributed by atoms with Crippen molar-refractivity contribution in [2.45, 2.75) is 20.3 Å². The average Bonchev–Trinajstić information content (AvgIpc) is 2.72. The van der Waals surface area contributed by atoms with Gasteiger partial charge in [-0.05, 0) is 23.8 Å². The zero-order valence-electron chi connectivity index (χ0n) is 10.1. The molecule has 17 heavy (non-hydrogen) atoms. The number of nitriles is 1. The number of nitrogens with one attached hydrogen (secondary N) is 1. The molecule has 1 atom stereocenters. The summed E-state index contributed by atoms with van der Waals surface area (Å²) in [4.78, 5) is 12.0. The Kier molecular flexibility index (Phi) is 5.13. The minimum Gasteiger partial charge on any atom is -0.330 e. The first kappa shape index (κ1) is 13.7. The van der Waals surface area contributed by atoms with Crippen molar-refractivity contribution in [3.8, 4) is 6.07 Å². The van der Waals surface area contributed by atoms with Crippen molar-refractivity contribution in [1.82, 2.24) is 0 Å². The SMILES string of the molecule is CC(C)CC(CN)C(=O)Nc1sccc1C#N. The number of carbonyl (C=O) groups is 1. The summed E-state index contributed by atoms with van der Waals surface area (Å²) in [7, 11) is 0. The summed E-state index contributed by atoms with van der Waals surface area (Å²) in [5.74, 6) is 0.136. The van der Waals surface area contributed by atoms with Gasteiger partial charge in [-0.3, -0.25) is 4.79 Å². The fourth-order valence-corrected chi connectivity index (χ4v) is 2.33. The quantitative estimate of drug-likeness (QED) is 0.841. The fourth-order valence-electron chi connectivity index (χ4n) is 1.59. The van der Waals surface area contributed by atoms with Crippen LogP contribution in [0.15, 0.2) is 11.4 Å². The second kappa shape index (κ2) is 6.38. The zero-order chi connectivity index (χ0) is 12.8. The molecule has 1 rings (SSSR count). The van der Waals surface area contributed by atoms with Crippen LogP contribution in [0.5, 0.6) is 0 Å². The molecule has 0 bridgehead atoms. The predicted octanol–water partition coefficient (Wildman–Crippen LogP) is 2.18.